The Morgan fingerprint density at radius 2 is 2.28 bits per heavy atom. The van der Waals surface area contributed by atoms with Gasteiger partial charge in [-0.05, 0) is 54.9 Å². The van der Waals surface area contributed by atoms with E-state index in [1.807, 2.05) is 0 Å². The monoisotopic (exact) mass is 261 g/mol. The summed E-state index contributed by atoms with van der Waals surface area (Å²) < 4.78 is 0.731. The van der Waals surface area contributed by atoms with E-state index < -0.39 is 0 Å². The normalized spacial score (nSPS) is 19.2. The second-order valence-electron chi connectivity index (χ2n) is 5.30. The molecular weight excluding hydrogens is 242 g/mol. The van der Waals surface area contributed by atoms with Gasteiger partial charge in [-0.25, -0.2) is 0 Å². The van der Waals surface area contributed by atoms with Crippen LogP contribution in [0.15, 0.2) is 12.1 Å². The second kappa shape index (κ2) is 5.61. The molecule has 1 aliphatic carbocycles. The Balaban J connectivity index is 2.35. The van der Waals surface area contributed by atoms with Gasteiger partial charge in [0.2, 0.25) is 0 Å². The van der Waals surface area contributed by atoms with E-state index in [1.54, 1.807) is 6.08 Å². The lowest BCUT2D eigenvalue weighted by Crippen LogP contribution is -2.20. The molecule has 3 heteroatoms. The van der Waals surface area contributed by atoms with Crippen LogP contribution in [0.25, 0.3) is 6.08 Å². The van der Waals surface area contributed by atoms with Crippen molar-refractivity contribution in [2.75, 3.05) is 0 Å². The minimum Gasteiger partial charge on any atom is -0.349 e. The van der Waals surface area contributed by atoms with Crippen LogP contribution in [0.1, 0.15) is 37.1 Å². The summed E-state index contributed by atoms with van der Waals surface area (Å²) in [7, 11) is 0. The maximum absolute atomic E-state index is 10.4. The highest BCUT2D eigenvalue weighted by atomic mass is 32.1. The first-order valence-electron chi connectivity index (χ1n) is 6.48. The Bertz CT molecular complexity index is 528. The lowest BCUT2D eigenvalue weighted by Gasteiger charge is -2.27. The number of carbonyl (C=O) groups excluding carboxylic acids is 1. The number of aldehydes is 1. The van der Waals surface area contributed by atoms with E-state index in [2.05, 4.69) is 24.9 Å². The van der Waals surface area contributed by atoms with Crippen molar-refractivity contribution in [2.45, 2.75) is 33.1 Å². The van der Waals surface area contributed by atoms with Crippen LogP contribution < -0.4 is 0 Å². The van der Waals surface area contributed by atoms with E-state index in [1.165, 1.54) is 23.8 Å². The Kier molecular flexibility index (Phi) is 4.12. The summed E-state index contributed by atoms with van der Waals surface area (Å²) in [6.45, 7) is 4.57. The first-order valence-corrected chi connectivity index (χ1v) is 6.89. The largest absolute Gasteiger partial charge is 0.349 e. The fraction of sp³-hybridized carbons (Fsp3) is 0.467. The number of hydrogen-bond donors (Lipinski definition) is 1. The number of aromatic amines is 1. The van der Waals surface area contributed by atoms with Crippen LogP contribution in [-0.4, -0.2) is 11.3 Å². The molecule has 96 valence electrons. The summed E-state index contributed by atoms with van der Waals surface area (Å²) in [5, 5.41) is 0. The third kappa shape index (κ3) is 2.78. The molecular formula is C15H19NOS. The minimum absolute atomic E-state index is 0.718. The maximum atomic E-state index is 10.4. The number of pyridine rings is 1. The average molecular weight is 261 g/mol. The van der Waals surface area contributed by atoms with Crippen molar-refractivity contribution in [1.82, 2.24) is 4.98 Å². The molecule has 0 aromatic carbocycles. The number of aryl methyl sites for hydroxylation is 1. The lowest BCUT2D eigenvalue weighted by molar-refractivity contribution is -0.104. The molecule has 2 rings (SSSR count). The van der Waals surface area contributed by atoms with E-state index >= 15 is 0 Å². The van der Waals surface area contributed by atoms with Gasteiger partial charge in [-0.3, -0.25) is 4.79 Å². The minimum atomic E-state index is 0.718. The average Bonchev–Trinajstić information content (AvgIpc) is 2.35. The van der Waals surface area contributed by atoms with E-state index in [0.717, 1.165) is 41.2 Å². The summed E-state index contributed by atoms with van der Waals surface area (Å²) in [4.78, 5) is 13.7. The summed E-state index contributed by atoms with van der Waals surface area (Å²) >= 11 is 5.31. The number of H-pyrrole nitrogens is 1. The molecule has 0 bridgehead atoms. The molecule has 0 aliphatic heterocycles. The Hall–Kier alpha value is -1.22. The van der Waals surface area contributed by atoms with Crippen molar-refractivity contribution in [3.8, 4) is 0 Å². The number of hydrogen-bond acceptors (Lipinski definition) is 2. The molecule has 18 heavy (non-hydrogen) atoms. The molecule has 1 N–H and O–H groups in total. The molecule has 1 aromatic rings. The highest BCUT2D eigenvalue weighted by Gasteiger charge is 2.21. The van der Waals surface area contributed by atoms with Gasteiger partial charge in [-0.15, -0.1) is 0 Å². The lowest BCUT2D eigenvalue weighted by atomic mass is 9.80. The SMILES string of the molecule is CC(C)C1CCc2[nH]c(=S)c(/C=C/C=O)cc2C1. The number of aromatic nitrogens is 1. The van der Waals surface area contributed by atoms with Crippen molar-refractivity contribution in [1.29, 1.82) is 0 Å². The van der Waals surface area contributed by atoms with Gasteiger partial charge >= 0.3 is 0 Å². The van der Waals surface area contributed by atoms with Gasteiger partial charge in [0, 0.05) is 11.3 Å². The summed E-state index contributed by atoms with van der Waals surface area (Å²) in [5.41, 5.74) is 3.58. The van der Waals surface area contributed by atoms with E-state index in [4.69, 9.17) is 12.2 Å². The van der Waals surface area contributed by atoms with Crippen LogP contribution in [0.2, 0.25) is 0 Å². The van der Waals surface area contributed by atoms with Crippen LogP contribution >= 0.6 is 12.2 Å². The van der Waals surface area contributed by atoms with E-state index in [0.29, 0.717) is 0 Å². The predicted octanol–water partition coefficient (Wildman–Crippen LogP) is 3.72. The van der Waals surface area contributed by atoms with Gasteiger partial charge in [0.25, 0.3) is 0 Å². The molecule has 1 aliphatic rings. The molecule has 0 saturated heterocycles. The van der Waals surface area contributed by atoms with Crippen molar-refractivity contribution < 1.29 is 4.79 Å². The van der Waals surface area contributed by atoms with E-state index in [-0.39, 0.29) is 0 Å². The highest BCUT2D eigenvalue weighted by molar-refractivity contribution is 7.71. The zero-order valence-electron chi connectivity index (χ0n) is 10.9. The maximum Gasteiger partial charge on any atom is 0.142 e. The Morgan fingerprint density at radius 3 is 2.94 bits per heavy atom. The van der Waals surface area contributed by atoms with Gasteiger partial charge in [0.05, 0.1) is 0 Å². The summed E-state index contributed by atoms with van der Waals surface area (Å²) in [5.74, 6) is 1.47. The smallest absolute Gasteiger partial charge is 0.142 e. The van der Waals surface area contributed by atoms with Crippen LogP contribution in [0.3, 0.4) is 0 Å². The molecule has 0 radical (unpaired) electrons. The number of fused-ring (bicyclic) bond motifs is 1. The highest BCUT2D eigenvalue weighted by Crippen LogP contribution is 2.30. The molecule has 0 fully saturated rings. The molecule has 1 atom stereocenters. The van der Waals surface area contributed by atoms with Crippen molar-refractivity contribution in [3.05, 3.63) is 33.6 Å². The Labute approximate surface area is 113 Å². The summed E-state index contributed by atoms with van der Waals surface area (Å²) in [6.07, 6.45) is 7.49. The van der Waals surface area contributed by atoms with E-state index in [9.17, 15) is 4.79 Å². The molecule has 0 saturated carbocycles. The number of nitrogens with one attached hydrogen (secondary N) is 1. The van der Waals surface area contributed by atoms with Crippen LogP contribution in [-0.2, 0) is 17.6 Å². The predicted molar refractivity (Wildman–Crippen MR) is 77.1 cm³/mol. The van der Waals surface area contributed by atoms with Gasteiger partial charge < -0.3 is 4.98 Å². The van der Waals surface area contributed by atoms with Crippen LogP contribution in [0.4, 0.5) is 0 Å². The second-order valence-corrected chi connectivity index (χ2v) is 5.71. The van der Waals surface area contributed by atoms with Crippen LogP contribution in [0.5, 0.6) is 0 Å². The van der Waals surface area contributed by atoms with Gasteiger partial charge in [-0.2, -0.15) is 0 Å². The third-order valence-corrected chi connectivity index (χ3v) is 4.13. The molecule has 1 aromatic heterocycles. The molecule has 0 spiro atoms. The van der Waals surface area contributed by atoms with Crippen LogP contribution in [0, 0.1) is 16.5 Å². The van der Waals surface area contributed by atoms with Crippen molar-refractivity contribution in [2.24, 2.45) is 11.8 Å². The van der Waals surface area contributed by atoms with Crippen molar-refractivity contribution >= 4 is 24.6 Å². The number of carbonyl (C=O) groups is 1. The third-order valence-electron chi connectivity index (χ3n) is 3.79. The zero-order valence-corrected chi connectivity index (χ0v) is 11.7. The molecule has 0 amide bonds. The van der Waals surface area contributed by atoms with Gasteiger partial charge in [-0.1, -0.05) is 26.1 Å². The standard InChI is InChI=1S/C15H19NOS/c1-10(2)11-5-6-14-13(8-11)9-12(4-3-7-17)15(18)16-14/h3-4,7,9-11H,5-6,8H2,1-2H3,(H,16,18)/b4-3+. The quantitative estimate of drug-likeness (QED) is 0.511. The first kappa shape index (κ1) is 13.2. The fourth-order valence-electron chi connectivity index (χ4n) is 2.59. The number of allylic oxidation sites excluding steroid dienone is 1. The van der Waals surface area contributed by atoms with Gasteiger partial charge in [0.15, 0.2) is 0 Å². The van der Waals surface area contributed by atoms with Gasteiger partial charge in [0.1, 0.15) is 10.9 Å². The molecule has 1 heterocycles. The Morgan fingerprint density at radius 1 is 1.50 bits per heavy atom. The van der Waals surface area contributed by atoms with Crippen molar-refractivity contribution in [3.63, 3.8) is 0 Å². The topological polar surface area (TPSA) is 32.9 Å². The molecule has 2 nitrogen and oxygen atoms in total. The first-order chi connectivity index (χ1) is 8.61. The fourth-order valence-corrected chi connectivity index (χ4v) is 2.84. The molecule has 1 unspecified atom stereocenters. The number of rotatable bonds is 3. The summed E-state index contributed by atoms with van der Waals surface area (Å²) in [6, 6.07) is 2.14. The zero-order chi connectivity index (χ0) is 13.1.